The zero-order valence-corrected chi connectivity index (χ0v) is 11.6. The Labute approximate surface area is 123 Å². The molecule has 0 saturated heterocycles. The maximum absolute atomic E-state index is 11.8. The summed E-state index contributed by atoms with van der Waals surface area (Å²) in [4.78, 5) is 11.8. The van der Waals surface area contributed by atoms with Crippen molar-refractivity contribution < 1.29 is 9.53 Å². The van der Waals surface area contributed by atoms with Gasteiger partial charge in [-0.2, -0.15) is 5.26 Å². The molecular formula is C16H15N3O2. The fraction of sp³-hybridized carbons (Fsp3) is 0.125. The Bertz CT molecular complexity index is 643. The SMILES string of the molecule is COc1ccc(NC(=O)CNc2ccc(C#N)cc2)cc1. The van der Waals surface area contributed by atoms with Crippen LogP contribution in [0.15, 0.2) is 48.5 Å². The number of anilines is 2. The Hall–Kier alpha value is -3.00. The van der Waals surface area contributed by atoms with Crippen LogP contribution in [0.3, 0.4) is 0 Å². The number of nitrogens with one attached hydrogen (secondary N) is 2. The molecule has 2 rings (SSSR count). The molecule has 0 aliphatic carbocycles. The van der Waals surface area contributed by atoms with E-state index in [1.807, 2.05) is 6.07 Å². The molecule has 1 amide bonds. The van der Waals surface area contributed by atoms with Gasteiger partial charge in [0.2, 0.25) is 5.91 Å². The van der Waals surface area contributed by atoms with Gasteiger partial charge in [0.15, 0.2) is 0 Å². The van der Waals surface area contributed by atoms with Crippen LogP contribution in [0.5, 0.6) is 5.75 Å². The van der Waals surface area contributed by atoms with E-state index in [0.717, 1.165) is 11.4 Å². The predicted molar refractivity (Wildman–Crippen MR) is 81.3 cm³/mol. The van der Waals surface area contributed by atoms with Crippen molar-refractivity contribution in [3.63, 3.8) is 0 Å². The topological polar surface area (TPSA) is 74.2 Å². The third kappa shape index (κ3) is 4.25. The van der Waals surface area contributed by atoms with Crippen LogP contribution in [0.4, 0.5) is 11.4 Å². The summed E-state index contributed by atoms with van der Waals surface area (Å²) in [5, 5.41) is 14.5. The Kier molecular flexibility index (Phi) is 4.78. The Morgan fingerprint density at radius 1 is 1.10 bits per heavy atom. The fourth-order valence-corrected chi connectivity index (χ4v) is 1.72. The number of nitriles is 1. The predicted octanol–water partition coefficient (Wildman–Crippen LogP) is 2.62. The Morgan fingerprint density at radius 2 is 1.71 bits per heavy atom. The molecule has 0 aliphatic heterocycles. The second kappa shape index (κ2) is 6.96. The standard InChI is InChI=1S/C16H15N3O2/c1-21-15-8-6-14(7-9-15)19-16(20)11-18-13-4-2-12(10-17)3-5-13/h2-9,18H,11H2,1H3,(H,19,20). The minimum absolute atomic E-state index is 0.149. The molecule has 0 saturated carbocycles. The van der Waals surface area contributed by atoms with Crippen molar-refractivity contribution >= 4 is 17.3 Å². The molecule has 2 aromatic rings. The first-order chi connectivity index (χ1) is 10.2. The Morgan fingerprint density at radius 3 is 2.29 bits per heavy atom. The van der Waals surface area contributed by atoms with Gasteiger partial charge in [-0.1, -0.05) is 0 Å². The van der Waals surface area contributed by atoms with Crippen molar-refractivity contribution in [2.45, 2.75) is 0 Å². The van der Waals surface area contributed by atoms with E-state index in [-0.39, 0.29) is 12.5 Å². The van der Waals surface area contributed by atoms with Gasteiger partial charge < -0.3 is 15.4 Å². The molecule has 0 aliphatic rings. The molecular weight excluding hydrogens is 266 g/mol. The molecule has 0 heterocycles. The number of carbonyl (C=O) groups is 1. The van der Waals surface area contributed by atoms with Gasteiger partial charge in [-0.3, -0.25) is 4.79 Å². The molecule has 0 radical (unpaired) electrons. The average molecular weight is 281 g/mol. The van der Waals surface area contributed by atoms with Crippen LogP contribution in [0.25, 0.3) is 0 Å². The van der Waals surface area contributed by atoms with Crippen LogP contribution in [-0.4, -0.2) is 19.6 Å². The van der Waals surface area contributed by atoms with Crippen LogP contribution in [0.1, 0.15) is 5.56 Å². The van der Waals surface area contributed by atoms with Crippen LogP contribution < -0.4 is 15.4 Å². The summed E-state index contributed by atoms with van der Waals surface area (Å²) in [6, 6.07) is 16.1. The molecule has 106 valence electrons. The van der Waals surface area contributed by atoms with Crippen molar-refractivity contribution in [3.8, 4) is 11.8 Å². The third-order valence-electron chi connectivity index (χ3n) is 2.84. The molecule has 0 atom stereocenters. The third-order valence-corrected chi connectivity index (χ3v) is 2.84. The van der Waals surface area contributed by atoms with E-state index in [1.54, 1.807) is 55.6 Å². The number of amides is 1. The molecule has 0 spiro atoms. The van der Waals surface area contributed by atoms with E-state index in [9.17, 15) is 4.79 Å². The molecule has 21 heavy (non-hydrogen) atoms. The molecule has 0 unspecified atom stereocenters. The van der Waals surface area contributed by atoms with Gasteiger partial charge >= 0.3 is 0 Å². The Balaban J connectivity index is 1.84. The maximum Gasteiger partial charge on any atom is 0.243 e. The smallest absolute Gasteiger partial charge is 0.243 e. The number of nitrogens with zero attached hydrogens (tertiary/aromatic N) is 1. The molecule has 0 fully saturated rings. The summed E-state index contributed by atoms with van der Waals surface area (Å²) >= 11 is 0. The highest BCUT2D eigenvalue weighted by Gasteiger charge is 2.02. The fourth-order valence-electron chi connectivity index (χ4n) is 1.72. The molecule has 5 nitrogen and oxygen atoms in total. The molecule has 0 aromatic heterocycles. The van der Waals surface area contributed by atoms with Gasteiger partial charge in [0.1, 0.15) is 5.75 Å². The number of carbonyl (C=O) groups excluding carboxylic acids is 1. The summed E-state index contributed by atoms with van der Waals surface area (Å²) in [6.45, 7) is 0.151. The number of ether oxygens (including phenoxy) is 1. The van der Waals surface area contributed by atoms with Gasteiger partial charge in [-0.05, 0) is 48.5 Å². The van der Waals surface area contributed by atoms with Crippen molar-refractivity contribution in [2.24, 2.45) is 0 Å². The first kappa shape index (κ1) is 14.4. The highest BCUT2D eigenvalue weighted by molar-refractivity contribution is 5.93. The zero-order valence-electron chi connectivity index (χ0n) is 11.6. The first-order valence-electron chi connectivity index (χ1n) is 6.39. The van der Waals surface area contributed by atoms with Gasteiger partial charge in [-0.15, -0.1) is 0 Å². The number of methoxy groups -OCH3 is 1. The lowest BCUT2D eigenvalue weighted by Crippen LogP contribution is -2.21. The van der Waals surface area contributed by atoms with Gasteiger partial charge in [0, 0.05) is 11.4 Å². The van der Waals surface area contributed by atoms with Crippen LogP contribution in [-0.2, 0) is 4.79 Å². The van der Waals surface area contributed by atoms with Crippen molar-refractivity contribution in [1.82, 2.24) is 0 Å². The molecule has 5 heteroatoms. The number of hydrogen-bond donors (Lipinski definition) is 2. The van der Waals surface area contributed by atoms with Crippen molar-refractivity contribution in [3.05, 3.63) is 54.1 Å². The van der Waals surface area contributed by atoms with Gasteiger partial charge in [0.05, 0.1) is 25.3 Å². The van der Waals surface area contributed by atoms with Gasteiger partial charge in [-0.25, -0.2) is 0 Å². The van der Waals surface area contributed by atoms with E-state index in [1.165, 1.54) is 0 Å². The van der Waals surface area contributed by atoms with E-state index in [0.29, 0.717) is 11.3 Å². The summed E-state index contributed by atoms with van der Waals surface area (Å²) in [5.74, 6) is 0.591. The minimum Gasteiger partial charge on any atom is -0.497 e. The van der Waals surface area contributed by atoms with Crippen molar-refractivity contribution in [1.29, 1.82) is 5.26 Å². The van der Waals surface area contributed by atoms with Gasteiger partial charge in [0.25, 0.3) is 0 Å². The van der Waals surface area contributed by atoms with E-state index in [2.05, 4.69) is 10.6 Å². The minimum atomic E-state index is -0.149. The lowest BCUT2D eigenvalue weighted by Gasteiger charge is -2.08. The lowest BCUT2D eigenvalue weighted by atomic mass is 10.2. The summed E-state index contributed by atoms with van der Waals surface area (Å²) in [7, 11) is 1.59. The van der Waals surface area contributed by atoms with E-state index < -0.39 is 0 Å². The van der Waals surface area contributed by atoms with Crippen LogP contribution >= 0.6 is 0 Å². The molecule has 2 aromatic carbocycles. The van der Waals surface area contributed by atoms with Crippen LogP contribution in [0, 0.1) is 11.3 Å². The first-order valence-corrected chi connectivity index (χ1v) is 6.39. The second-order valence-electron chi connectivity index (χ2n) is 4.32. The number of benzene rings is 2. The zero-order chi connectivity index (χ0) is 15.1. The normalized spacial score (nSPS) is 9.52. The highest BCUT2D eigenvalue weighted by atomic mass is 16.5. The van der Waals surface area contributed by atoms with E-state index >= 15 is 0 Å². The summed E-state index contributed by atoms with van der Waals surface area (Å²) in [6.07, 6.45) is 0. The number of hydrogen-bond acceptors (Lipinski definition) is 4. The number of rotatable bonds is 5. The summed E-state index contributed by atoms with van der Waals surface area (Å²) < 4.78 is 5.05. The second-order valence-corrected chi connectivity index (χ2v) is 4.32. The highest BCUT2D eigenvalue weighted by Crippen LogP contribution is 2.15. The summed E-state index contributed by atoms with van der Waals surface area (Å²) in [5.41, 5.74) is 2.09. The molecule has 0 bridgehead atoms. The monoisotopic (exact) mass is 281 g/mol. The lowest BCUT2D eigenvalue weighted by molar-refractivity contribution is -0.114. The van der Waals surface area contributed by atoms with Crippen LogP contribution in [0.2, 0.25) is 0 Å². The largest absolute Gasteiger partial charge is 0.497 e. The quantitative estimate of drug-likeness (QED) is 0.883. The maximum atomic E-state index is 11.8. The van der Waals surface area contributed by atoms with E-state index in [4.69, 9.17) is 10.00 Å². The average Bonchev–Trinajstić information content (AvgIpc) is 2.54. The molecule has 2 N–H and O–H groups in total. The van der Waals surface area contributed by atoms with Crippen molar-refractivity contribution in [2.75, 3.05) is 24.3 Å².